The lowest BCUT2D eigenvalue weighted by molar-refractivity contribution is 0.601. The Balaban J connectivity index is 2.41. The van der Waals surface area contributed by atoms with Crippen LogP contribution in [0, 0.1) is 5.82 Å². The van der Waals surface area contributed by atoms with Crippen molar-refractivity contribution in [1.29, 1.82) is 0 Å². The standard InChI is InChI=1S/C14H23FN2/c1-3-17(12-8-4-7-11-16-2)14-10-6-5-9-13(14)15/h5-6,9-10,16H,3-4,7-8,11-12H2,1-2H3. The van der Waals surface area contributed by atoms with E-state index in [-0.39, 0.29) is 5.82 Å². The Labute approximate surface area is 104 Å². The molecule has 1 aromatic carbocycles. The molecule has 0 aromatic heterocycles. The molecule has 0 heterocycles. The molecule has 0 spiro atoms. The van der Waals surface area contributed by atoms with E-state index >= 15 is 0 Å². The zero-order chi connectivity index (χ0) is 12.5. The molecule has 0 unspecified atom stereocenters. The van der Waals surface area contributed by atoms with Gasteiger partial charge in [0.2, 0.25) is 0 Å². The van der Waals surface area contributed by atoms with Gasteiger partial charge >= 0.3 is 0 Å². The predicted octanol–water partition coefficient (Wildman–Crippen LogP) is 3.04. The molecule has 0 fully saturated rings. The zero-order valence-electron chi connectivity index (χ0n) is 10.9. The number of para-hydroxylation sites is 1. The van der Waals surface area contributed by atoms with Crippen LogP contribution in [0.3, 0.4) is 0 Å². The second-order valence-electron chi connectivity index (χ2n) is 4.20. The minimum Gasteiger partial charge on any atom is -0.369 e. The van der Waals surface area contributed by atoms with E-state index in [0.29, 0.717) is 0 Å². The summed E-state index contributed by atoms with van der Waals surface area (Å²) in [6.45, 7) is 4.92. The van der Waals surface area contributed by atoms with Crippen LogP contribution < -0.4 is 10.2 Å². The van der Waals surface area contributed by atoms with Crippen LogP contribution in [0.15, 0.2) is 24.3 Å². The van der Waals surface area contributed by atoms with Gasteiger partial charge in [-0.3, -0.25) is 0 Å². The molecule has 0 radical (unpaired) electrons. The van der Waals surface area contributed by atoms with E-state index in [1.165, 1.54) is 18.9 Å². The van der Waals surface area contributed by atoms with Crippen molar-refractivity contribution in [2.45, 2.75) is 26.2 Å². The van der Waals surface area contributed by atoms with Crippen LogP contribution in [-0.2, 0) is 0 Å². The number of nitrogens with one attached hydrogen (secondary N) is 1. The summed E-state index contributed by atoms with van der Waals surface area (Å²) < 4.78 is 13.6. The number of anilines is 1. The normalized spacial score (nSPS) is 10.5. The number of rotatable bonds is 8. The van der Waals surface area contributed by atoms with Crippen LogP contribution in [0.2, 0.25) is 0 Å². The van der Waals surface area contributed by atoms with Crippen molar-refractivity contribution >= 4 is 5.69 Å². The van der Waals surface area contributed by atoms with Gasteiger partial charge in [0.15, 0.2) is 0 Å². The molecule has 17 heavy (non-hydrogen) atoms. The summed E-state index contributed by atoms with van der Waals surface area (Å²) in [6, 6.07) is 7.01. The van der Waals surface area contributed by atoms with E-state index in [1.807, 2.05) is 19.2 Å². The third-order valence-corrected chi connectivity index (χ3v) is 2.93. The van der Waals surface area contributed by atoms with Crippen molar-refractivity contribution < 1.29 is 4.39 Å². The topological polar surface area (TPSA) is 15.3 Å². The average molecular weight is 238 g/mol. The van der Waals surface area contributed by atoms with Gasteiger partial charge in [-0.25, -0.2) is 4.39 Å². The van der Waals surface area contributed by atoms with Gasteiger partial charge < -0.3 is 10.2 Å². The fourth-order valence-electron chi connectivity index (χ4n) is 1.94. The number of hydrogen-bond donors (Lipinski definition) is 1. The number of hydrogen-bond acceptors (Lipinski definition) is 2. The van der Waals surface area contributed by atoms with Crippen LogP contribution in [0.25, 0.3) is 0 Å². The van der Waals surface area contributed by atoms with Crippen LogP contribution in [0.1, 0.15) is 26.2 Å². The summed E-state index contributed by atoms with van der Waals surface area (Å²) in [7, 11) is 1.97. The summed E-state index contributed by atoms with van der Waals surface area (Å²) in [5, 5.41) is 3.14. The molecule has 1 N–H and O–H groups in total. The van der Waals surface area contributed by atoms with E-state index in [1.54, 1.807) is 6.07 Å². The van der Waals surface area contributed by atoms with E-state index < -0.39 is 0 Å². The van der Waals surface area contributed by atoms with Gasteiger partial charge in [-0.15, -0.1) is 0 Å². The lowest BCUT2D eigenvalue weighted by atomic mass is 10.2. The maximum atomic E-state index is 13.6. The molecular formula is C14H23FN2. The largest absolute Gasteiger partial charge is 0.369 e. The van der Waals surface area contributed by atoms with Gasteiger partial charge in [-0.05, 0) is 45.5 Å². The van der Waals surface area contributed by atoms with Gasteiger partial charge in [0.1, 0.15) is 5.82 Å². The Kier molecular flexibility index (Phi) is 6.63. The first kappa shape index (κ1) is 14.0. The van der Waals surface area contributed by atoms with Crippen molar-refractivity contribution in [2.75, 3.05) is 31.6 Å². The van der Waals surface area contributed by atoms with Crippen molar-refractivity contribution in [1.82, 2.24) is 5.32 Å². The van der Waals surface area contributed by atoms with E-state index in [0.717, 1.165) is 31.7 Å². The smallest absolute Gasteiger partial charge is 0.146 e. The fraction of sp³-hybridized carbons (Fsp3) is 0.571. The summed E-state index contributed by atoms with van der Waals surface area (Å²) >= 11 is 0. The maximum absolute atomic E-state index is 13.6. The Morgan fingerprint density at radius 3 is 2.59 bits per heavy atom. The highest BCUT2D eigenvalue weighted by atomic mass is 19.1. The summed E-state index contributed by atoms with van der Waals surface area (Å²) in [4.78, 5) is 2.11. The molecule has 96 valence electrons. The van der Waals surface area contributed by atoms with Gasteiger partial charge in [0, 0.05) is 13.1 Å². The first-order valence-corrected chi connectivity index (χ1v) is 6.43. The van der Waals surface area contributed by atoms with Crippen molar-refractivity contribution in [2.24, 2.45) is 0 Å². The third-order valence-electron chi connectivity index (χ3n) is 2.93. The summed E-state index contributed by atoms with van der Waals surface area (Å²) in [5.41, 5.74) is 0.726. The molecule has 0 bridgehead atoms. The van der Waals surface area contributed by atoms with Crippen LogP contribution in [0.4, 0.5) is 10.1 Å². The molecule has 2 nitrogen and oxygen atoms in total. The van der Waals surface area contributed by atoms with Crippen molar-refractivity contribution in [3.05, 3.63) is 30.1 Å². The zero-order valence-corrected chi connectivity index (χ0v) is 10.9. The van der Waals surface area contributed by atoms with Gasteiger partial charge in [-0.1, -0.05) is 18.6 Å². The molecule has 0 saturated heterocycles. The monoisotopic (exact) mass is 238 g/mol. The number of nitrogens with zero attached hydrogens (tertiary/aromatic N) is 1. The Bertz CT molecular complexity index is 315. The minimum absolute atomic E-state index is 0.121. The van der Waals surface area contributed by atoms with Gasteiger partial charge in [0.25, 0.3) is 0 Å². The highest BCUT2D eigenvalue weighted by Crippen LogP contribution is 2.18. The number of unbranched alkanes of at least 4 members (excludes halogenated alkanes) is 2. The lowest BCUT2D eigenvalue weighted by Gasteiger charge is -2.23. The van der Waals surface area contributed by atoms with Gasteiger partial charge in [-0.2, -0.15) is 0 Å². The Morgan fingerprint density at radius 1 is 1.18 bits per heavy atom. The first-order valence-electron chi connectivity index (χ1n) is 6.43. The van der Waals surface area contributed by atoms with E-state index in [4.69, 9.17) is 0 Å². The minimum atomic E-state index is -0.121. The molecule has 0 amide bonds. The van der Waals surface area contributed by atoms with Gasteiger partial charge in [0.05, 0.1) is 5.69 Å². The van der Waals surface area contributed by atoms with E-state index in [2.05, 4.69) is 17.1 Å². The summed E-state index contributed by atoms with van der Waals surface area (Å²) in [5.74, 6) is -0.121. The molecule has 0 aliphatic rings. The average Bonchev–Trinajstić information content (AvgIpc) is 2.35. The fourth-order valence-corrected chi connectivity index (χ4v) is 1.94. The second kappa shape index (κ2) is 8.07. The molecule has 0 aliphatic heterocycles. The maximum Gasteiger partial charge on any atom is 0.146 e. The third kappa shape index (κ3) is 4.73. The molecule has 1 aromatic rings. The number of benzene rings is 1. The van der Waals surface area contributed by atoms with E-state index in [9.17, 15) is 4.39 Å². The molecule has 0 aliphatic carbocycles. The Hall–Kier alpha value is -1.09. The highest BCUT2D eigenvalue weighted by molar-refractivity contribution is 5.47. The molecular weight excluding hydrogens is 215 g/mol. The molecule has 0 atom stereocenters. The summed E-state index contributed by atoms with van der Waals surface area (Å²) in [6.07, 6.45) is 3.49. The van der Waals surface area contributed by atoms with Crippen LogP contribution in [0.5, 0.6) is 0 Å². The first-order chi connectivity index (χ1) is 8.29. The van der Waals surface area contributed by atoms with Crippen molar-refractivity contribution in [3.8, 4) is 0 Å². The second-order valence-corrected chi connectivity index (χ2v) is 4.20. The van der Waals surface area contributed by atoms with Crippen LogP contribution in [-0.4, -0.2) is 26.7 Å². The molecule has 3 heteroatoms. The SMILES string of the molecule is CCN(CCCCCNC)c1ccccc1F. The highest BCUT2D eigenvalue weighted by Gasteiger charge is 2.08. The molecule has 0 saturated carbocycles. The lowest BCUT2D eigenvalue weighted by Crippen LogP contribution is -2.25. The Morgan fingerprint density at radius 2 is 1.94 bits per heavy atom. The quantitative estimate of drug-likeness (QED) is 0.700. The molecule has 1 rings (SSSR count). The number of halogens is 1. The predicted molar refractivity (Wildman–Crippen MR) is 72.1 cm³/mol. The van der Waals surface area contributed by atoms with Crippen LogP contribution >= 0.6 is 0 Å². The van der Waals surface area contributed by atoms with Crippen molar-refractivity contribution in [3.63, 3.8) is 0 Å².